The van der Waals surface area contributed by atoms with Crippen LogP contribution in [0.25, 0.3) is 0 Å². The highest BCUT2D eigenvalue weighted by Crippen LogP contribution is 2.36. The van der Waals surface area contributed by atoms with Crippen LogP contribution in [0.5, 0.6) is 0 Å². The van der Waals surface area contributed by atoms with Crippen LogP contribution in [-0.2, 0) is 16.1 Å². The summed E-state index contributed by atoms with van der Waals surface area (Å²) in [6.45, 7) is 6.45. The van der Waals surface area contributed by atoms with Gasteiger partial charge in [0.25, 0.3) is 0 Å². The first-order chi connectivity index (χ1) is 16.6. The molecule has 14 heteroatoms. The Bertz CT molecular complexity index is 1010. The zero-order valence-electron chi connectivity index (χ0n) is 19.4. The third kappa shape index (κ3) is 9.02. The number of terminal acetylenes is 1. The van der Waals surface area contributed by atoms with Crippen molar-refractivity contribution in [2.24, 2.45) is 10.2 Å². The van der Waals surface area contributed by atoms with Crippen LogP contribution in [0.1, 0.15) is 49.3 Å². The molecule has 0 bridgehead atoms. The van der Waals surface area contributed by atoms with Crippen molar-refractivity contribution in [2.75, 3.05) is 19.8 Å². The van der Waals surface area contributed by atoms with Gasteiger partial charge in [0.2, 0.25) is 0 Å². The van der Waals surface area contributed by atoms with Crippen molar-refractivity contribution in [2.45, 2.75) is 57.5 Å². The Morgan fingerprint density at radius 3 is 2.60 bits per heavy atom. The highest BCUT2D eigenvalue weighted by atomic mass is 19.4. The third-order valence-electron chi connectivity index (χ3n) is 4.87. The monoisotopic (exact) mass is 496 g/mol. The summed E-state index contributed by atoms with van der Waals surface area (Å²) in [5.41, 5.74) is 1.63. The van der Waals surface area contributed by atoms with Crippen molar-refractivity contribution in [3.63, 3.8) is 0 Å². The standard InChI is InChI=1S/C19H26N8O.C2HF3O2/c1-4-6-9-19(23-24-19)10-11-20-17(16-8-7-15(3)14-21-16)18-22-25-26-27(18)12-13-28-5-2;3-2(4,5)1(6)7/h1,7-8,14,17,20H,5-6,9-13H2,2-3H3;(H,6,7). The number of carboxylic acids is 1. The molecule has 3 rings (SSSR count). The number of rotatable bonds is 12. The van der Waals surface area contributed by atoms with Crippen LogP contribution in [0.4, 0.5) is 13.2 Å². The van der Waals surface area contributed by atoms with E-state index in [-0.39, 0.29) is 11.7 Å². The van der Waals surface area contributed by atoms with Gasteiger partial charge in [-0.05, 0) is 35.9 Å². The Balaban J connectivity index is 0.000000540. The lowest BCUT2D eigenvalue weighted by Crippen LogP contribution is -2.30. The van der Waals surface area contributed by atoms with E-state index in [4.69, 9.17) is 21.1 Å². The maximum absolute atomic E-state index is 10.6. The second-order valence-electron chi connectivity index (χ2n) is 7.54. The van der Waals surface area contributed by atoms with Crippen molar-refractivity contribution in [1.82, 2.24) is 30.5 Å². The van der Waals surface area contributed by atoms with Gasteiger partial charge in [-0.2, -0.15) is 23.4 Å². The number of nitrogens with one attached hydrogen (secondary N) is 1. The second-order valence-corrected chi connectivity index (χ2v) is 7.54. The van der Waals surface area contributed by atoms with E-state index in [2.05, 4.69) is 42.0 Å². The molecule has 0 radical (unpaired) electrons. The minimum absolute atomic E-state index is 0.235. The van der Waals surface area contributed by atoms with Gasteiger partial charge in [-0.3, -0.25) is 4.98 Å². The van der Waals surface area contributed by atoms with Crippen LogP contribution in [0.2, 0.25) is 0 Å². The fourth-order valence-corrected chi connectivity index (χ4v) is 2.94. The van der Waals surface area contributed by atoms with Gasteiger partial charge in [-0.15, -0.1) is 17.4 Å². The van der Waals surface area contributed by atoms with Crippen molar-refractivity contribution >= 4 is 5.97 Å². The van der Waals surface area contributed by atoms with E-state index in [1.165, 1.54) is 0 Å². The van der Waals surface area contributed by atoms with Crippen LogP contribution in [-0.4, -0.2) is 67.9 Å². The molecule has 0 saturated heterocycles. The fraction of sp³-hybridized carbons (Fsp3) is 0.571. The van der Waals surface area contributed by atoms with E-state index < -0.39 is 12.1 Å². The van der Waals surface area contributed by atoms with Gasteiger partial charge in [0.05, 0.1) is 18.8 Å². The molecule has 0 spiro atoms. The number of carbonyl (C=O) groups is 1. The average Bonchev–Trinajstić information content (AvgIpc) is 3.43. The summed E-state index contributed by atoms with van der Waals surface area (Å²) >= 11 is 0. The Hall–Kier alpha value is -3.44. The Labute approximate surface area is 200 Å². The number of aryl methyl sites for hydroxylation is 1. The third-order valence-corrected chi connectivity index (χ3v) is 4.87. The van der Waals surface area contributed by atoms with E-state index in [1.807, 2.05) is 32.2 Å². The summed E-state index contributed by atoms with van der Waals surface area (Å²) in [5.74, 6) is 0.606. The molecule has 1 aliphatic heterocycles. The molecule has 1 aliphatic rings. The van der Waals surface area contributed by atoms with E-state index in [0.29, 0.717) is 38.5 Å². The molecular weight excluding hydrogens is 469 g/mol. The number of halogens is 3. The lowest BCUT2D eigenvalue weighted by molar-refractivity contribution is -0.192. The summed E-state index contributed by atoms with van der Waals surface area (Å²) in [5, 5.41) is 31.2. The number of hydrogen-bond acceptors (Lipinski definition) is 9. The second kappa shape index (κ2) is 12.9. The quantitative estimate of drug-likeness (QED) is 0.338. The Kier molecular flexibility index (Phi) is 10.2. The van der Waals surface area contributed by atoms with Crippen molar-refractivity contribution in [3.8, 4) is 12.3 Å². The first-order valence-corrected chi connectivity index (χ1v) is 10.8. The van der Waals surface area contributed by atoms with E-state index in [0.717, 1.165) is 24.1 Å². The molecule has 0 aromatic carbocycles. The normalized spacial score (nSPS) is 14.5. The predicted octanol–water partition coefficient (Wildman–Crippen LogP) is 2.69. The molecule has 190 valence electrons. The predicted molar refractivity (Wildman–Crippen MR) is 117 cm³/mol. The van der Waals surface area contributed by atoms with Crippen LogP contribution in [0.15, 0.2) is 28.6 Å². The number of aliphatic carboxylic acids is 1. The van der Waals surface area contributed by atoms with Crippen molar-refractivity contribution in [1.29, 1.82) is 0 Å². The van der Waals surface area contributed by atoms with Crippen molar-refractivity contribution < 1.29 is 27.8 Å². The number of alkyl halides is 3. The lowest BCUT2D eigenvalue weighted by atomic mass is 10.0. The van der Waals surface area contributed by atoms with Crippen LogP contribution in [0.3, 0.4) is 0 Å². The molecule has 2 aromatic rings. The number of nitrogens with zero attached hydrogens (tertiary/aromatic N) is 7. The first kappa shape index (κ1) is 27.8. The lowest BCUT2D eigenvalue weighted by Gasteiger charge is -2.19. The number of tetrazole rings is 1. The largest absolute Gasteiger partial charge is 0.490 e. The summed E-state index contributed by atoms with van der Waals surface area (Å²) in [4.78, 5) is 13.5. The molecular formula is C21H27F3N8O3. The van der Waals surface area contributed by atoms with Crippen LogP contribution >= 0.6 is 0 Å². The summed E-state index contributed by atoms with van der Waals surface area (Å²) in [6.07, 6.45) is 4.36. The molecule has 0 amide bonds. The molecule has 35 heavy (non-hydrogen) atoms. The highest BCUT2D eigenvalue weighted by molar-refractivity contribution is 5.73. The molecule has 1 unspecified atom stereocenters. The first-order valence-electron chi connectivity index (χ1n) is 10.8. The summed E-state index contributed by atoms with van der Waals surface area (Å²) in [6, 6.07) is 3.79. The van der Waals surface area contributed by atoms with Crippen LogP contribution < -0.4 is 5.32 Å². The topological polar surface area (TPSA) is 140 Å². The minimum atomic E-state index is -5.08. The zero-order valence-corrected chi connectivity index (χ0v) is 19.4. The minimum Gasteiger partial charge on any atom is -0.475 e. The van der Waals surface area contributed by atoms with Gasteiger partial charge in [0.15, 0.2) is 11.5 Å². The number of carboxylic acid groups (broad SMARTS) is 1. The molecule has 1 atom stereocenters. The van der Waals surface area contributed by atoms with Gasteiger partial charge in [0.1, 0.15) is 6.04 Å². The molecule has 0 fully saturated rings. The Morgan fingerprint density at radius 1 is 1.34 bits per heavy atom. The van der Waals surface area contributed by atoms with Gasteiger partial charge >= 0.3 is 12.1 Å². The molecule has 11 nitrogen and oxygen atoms in total. The fourth-order valence-electron chi connectivity index (χ4n) is 2.94. The zero-order chi connectivity index (χ0) is 25.9. The van der Waals surface area contributed by atoms with Gasteiger partial charge in [-0.25, -0.2) is 9.48 Å². The summed E-state index contributed by atoms with van der Waals surface area (Å²) < 4.78 is 38.9. The number of ether oxygens (including phenoxy) is 1. The number of pyridine rings is 1. The van der Waals surface area contributed by atoms with Gasteiger partial charge in [0, 0.05) is 38.6 Å². The summed E-state index contributed by atoms with van der Waals surface area (Å²) in [7, 11) is 0. The van der Waals surface area contributed by atoms with Crippen LogP contribution in [0, 0.1) is 19.3 Å². The molecule has 2 N–H and O–H groups in total. The van der Waals surface area contributed by atoms with Gasteiger partial charge < -0.3 is 15.2 Å². The SMILES string of the molecule is C#CCCC1(CCNC(c2ccc(C)cn2)c2nnnn2CCOCC)N=N1.O=C(O)C(F)(F)F. The highest BCUT2D eigenvalue weighted by Gasteiger charge is 2.39. The van der Waals surface area contributed by atoms with E-state index >= 15 is 0 Å². The molecule has 2 aromatic heterocycles. The van der Waals surface area contributed by atoms with E-state index in [1.54, 1.807) is 4.68 Å². The molecule has 0 saturated carbocycles. The van der Waals surface area contributed by atoms with E-state index in [9.17, 15) is 13.2 Å². The maximum Gasteiger partial charge on any atom is 0.490 e. The van der Waals surface area contributed by atoms with Gasteiger partial charge in [-0.1, -0.05) is 6.07 Å². The maximum atomic E-state index is 10.6. The number of aromatic nitrogens is 5. The molecule has 0 aliphatic carbocycles. The van der Waals surface area contributed by atoms with Crippen molar-refractivity contribution in [3.05, 3.63) is 35.4 Å². The Morgan fingerprint density at radius 2 is 2.06 bits per heavy atom. The average molecular weight is 496 g/mol. The molecule has 3 heterocycles. The number of hydrogen-bond donors (Lipinski definition) is 2. The smallest absolute Gasteiger partial charge is 0.475 e.